The van der Waals surface area contributed by atoms with Crippen molar-refractivity contribution in [1.29, 1.82) is 0 Å². The van der Waals surface area contributed by atoms with Gasteiger partial charge >= 0.3 is 0 Å². The average molecular weight is 158 g/mol. The van der Waals surface area contributed by atoms with Gasteiger partial charge in [-0.1, -0.05) is 11.6 Å². The van der Waals surface area contributed by atoms with Gasteiger partial charge in [-0.2, -0.15) is 0 Å². The third kappa shape index (κ3) is 1.41. The van der Waals surface area contributed by atoms with Gasteiger partial charge in [0.05, 0.1) is 16.0 Å². The maximum Gasteiger partial charge on any atom is 0.297 e. The maximum absolute atomic E-state index is 10.0. The molecule has 0 bridgehead atoms. The van der Waals surface area contributed by atoms with Crippen molar-refractivity contribution < 1.29 is 4.92 Å². The van der Waals surface area contributed by atoms with Gasteiger partial charge < -0.3 is 0 Å². The normalized spacial score (nSPS) is 9.30. The lowest BCUT2D eigenvalue weighted by Crippen LogP contribution is -1.88. The first-order valence-corrected chi connectivity index (χ1v) is 2.75. The van der Waals surface area contributed by atoms with E-state index in [0.29, 0.717) is 0 Å². The van der Waals surface area contributed by atoms with E-state index >= 15 is 0 Å². The van der Waals surface area contributed by atoms with E-state index in [4.69, 9.17) is 11.6 Å². The zero-order chi connectivity index (χ0) is 7.56. The molecule has 1 aromatic heterocycles. The Bertz CT molecular complexity index is 264. The van der Waals surface area contributed by atoms with Crippen molar-refractivity contribution in [2.45, 2.75) is 0 Å². The molecule has 0 aromatic carbocycles. The van der Waals surface area contributed by atoms with Crippen LogP contribution in [0.15, 0.2) is 12.4 Å². The van der Waals surface area contributed by atoms with Gasteiger partial charge in [-0.05, 0) is 0 Å². The second-order valence-corrected chi connectivity index (χ2v) is 1.93. The Morgan fingerprint density at radius 3 is 2.80 bits per heavy atom. The molecule has 51 valence electrons. The number of nitro groups is 1. The molecule has 1 aromatic rings. The first-order chi connectivity index (χ1) is 4.70. The molecule has 0 spiro atoms. The summed E-state index contributed by atoms with van der Waals surface area (Å²) in [6, 6.07) is 2.31. The second kappa shape index (κ2) is 2.62. The summed E-state index contributed by atoms with van der Waals surface area (Å²) in [4.78, 5) is 12.9. The first-order valence-electron chi connectivity index (χ1n) is 2.37. The van der Waals surface area contributed by atoms with Gasteiger partial charge in [-0.25, -0.2) is 0 Å². The summed E-state index contributed by atoms with van der Waals surface area (Å²) in [5, 5.41) is 10.2. The molecule has 0 aliphatic carbocycles. The maximum atomic E-state index is 10.0. The lowest BCUT2D eigenvalue weighted by molar-refractivity contribution is -0.385. The topological polar surface area (TPSA) is 56.0 Å². The SMILES string of the molecule is O=[N+]([O-])c1[c]c(Cl)cnc1. The van der Waals surface area contributed by atoms with E-state index in [9.17, 15) is 10.1 Å². The van der Waals surface area contributed by atoms with Crippen molar-refractivity contribution in [2.24, 2.45) is 0 Å². The number of rotatable bonds is 1. The van der Waals surface area contributed by atoms with Crippen molar-refractivity contribution in [3.8, 4) is 0 Å². The van der Waals surface area contributed by atoms with Gasteiger partial charge in [0.15, 0.2) is 0 Å². The predicted molar refractivity (Wildman–Crippen MR) is 34.7 cm³/mol. The van der Waals surface area contributed by atoms with E-state index in [2.05, 4.69) is 11.1 Å². The van der Waals surface area contributed by atoms with Gasteiger partial charge in [-0.3, -0.25) is 15.1 Å². The summed E-state index contributed by atoms with van der Waals surface area (Å²) >= 11 is 5.37. The number of hydrogen-bond acceptors (Lipinski definition) is 3. The van der Waals surface area contributed by atoms with Crippen LogP contribution in [0.5, 0.6) is 0 Å². The molecule has 0 fully saturated rings. The molecule has 0 aliphatic rings. The molecule has 0 amide bonds. The van der Waals surface area contributed by atoms with E-state index in [-0.39, 0.29) is 10.7 Å². The summed E-state index contributed by atoms with van der Waals surface area (Å²) in [6.07, 6.45) is 2.38. The Morgan fingerprint density at radius 2 is 2.40 bits per heavy atom. The molecule has 0 aliphatic heterocycles. The Kier molecular flexibility index (Phi) is 1.82. The van der Waals surface area contributed by atoms with E-state index in [0.717, 1.165) is 6.20 Å². The largest absolute Gasteiger partial charge is 0.297 e. The standard InChI is InChI=1S/C5H2ClN2O2/c6-4-1-5(8(9)10)3-7-2-4/h2-3H. The van der Waals surface area contributed by atoms with Crippen LogP contribution in [0.3, 0.4) is 0 Å². The van der Waals surface area contributed by atoms with Crippen LogP contribution in [0.1, 0.15) is 0 Å². The van der Waals surface area contributed by atoms with Crippen molar-refractivity contribution in [2.75, 3.05) is 0 Å². The molecular formula is C5H2ClN2O2. The van der Waals surface area contributed by atoms with Crippen LogP contribution in [-0.4, -0.2) is 9.91 Å². The second-order valence-electron chi connectivity index (χ2n) is 1.52. The predicted octanol–water partition coefficient (Wildman–Crippen LogP) is 1.44. The quantitative estimate of drug-likeness (QED) is 0.458. The monoisotopic (exact) mass is 157 g/mol. The molecule has 10 heavy (non-hydrogen) atoms. The molecular weight excluding hydrogens is 156 g/mol. The van der Waals surface area contributed by atoms with Gasteiger partial charge in [0, 0.05) is 6.20 Å². The van der Waals surface area contributed by atoms with Crippen LogP contribution >= 0.6 is 11.6 Å². The van der Waals surface area contributed by atoms with E-state index < -0.39 is 4.92 Å². The third-order valence-electron chi connectivity index (χ3n) is 0.829. The molecule has 1 rings (SSSR count). The molecule has 0 saturated heterocycles. The fourth-order valence-electron chi connectivity index (χ4n) is 0.453. The summed E-state index contributed by atoms with van der Waals surface area (Å²) in [5.41, 5.74) is -0.215. The van der Waals surface area contributed by atoms with E-state index in [1.165, 1.54) is 6.20 Å². The van der Waals surface area contributed by atoms with Gasteiger partial charge in [0.2, 0.25) is 0 Å². The van der Waals surface area contributed by atoms with Crippen LogP contribution < -0.4 is 0 Å². The van der Waals surface area contributed by atoms with Crippen molar-refractivity contribution in [1.82, 2.24) is 4.98 Å². The van der Waals surface area contributed by atoms with Crippen LogP contribution in [0.2, 0.25) is 5.02 Å². The van der Waals surface area contributed by atoms with Crippen LogP contribution in [0.4, 0.5) is 5.69 Å². The number of nitrogens with zero attached hydrogens (tertiary/aromatic N) is 2. The lowest BCUT2D eigenvalue weighted by Gasteiger charge is -1.87. The van der Waals surface area contributed by atoms with Crippen molar-refractivity contribution in [3.05, 3.63) is 33.6 Å². The lowest BCUT2D eigenvalue weighted by atomic mass is 10.4. The fraction of sp³-hybridized carbons (Fsp3) is 0. The smallest absolute Gasteiger partial charge is 0.258 e. The zero-order valence-electron chi connectivity index (χ0n) is 4.74. The minimum absolute atomic E-state index is 0.147. The molecule has 1 heterocycles. The molecule has 0 atom stereocenters. The Balaban J connectivity index is 3.07. The average Bonchev–Trinajstić information content (AvgIpc) is 1.88. The highest BCUT2D eigenvalue weighted by Gasteiger charge is 2.05. The summed E-state index contributed by atoms with van der Waals surface area (Å²) in [6.45, 7) is 0. The molecule has 1 radical (unpaired) electrons. The summed E-state index contributed by atoms with van der Waals surface area (Å²) < 4.78 is 0. The molecule has 4 nitrogen and oxygen atoms in total. The number of hydrogen-bond donors (Lipinski definition) is 0. The minimum Gasteiger partial charge on any atom is -0.258 e. The molecule has 0 unspecified atom stereocenters. The van der Waals surface area contributed by atoms with E-state index in [1.807, 2.05) is 0 Å². The summed E-state index contributed by atoms with van der Waals surface area (Å²) in [5.74, 6) is 0. The first kappa shape index (κ1) is 6.95. The van der Waals surface area contributed by atoms with Crippen LogP contribution in [0.25, 0.3) is 0 Å². The molecule has 0 N–H and O–H groups in total. The van der Waals surface area contributed by atoms with E-state index in [1.54, 1.807) is 0 Å². The van der Waals surface area contributed by atoms with Gasteiger partial charge in [-0.15, -0.1) is 0 Å². The Labute approximate surface area is 61.6 Å². The third-order valence-corrected chi connectivity index (χ3v) is 1.02. The zero-order valence-corrected chi connectivity index (χ0v) is 5.50. The van der Waals surface area contributed by atoms with Crippen molar-refractivity contribution >= 4 is 17.3 Å². The highest BCUT2D eigenvalue weighted by molar-refractivity contribution is 6.30. The number of halogens is 1. The Hall–Kier alpha value is -1.16. The highest BCUT2D eigenvalue weighted by Crippen LogP contribution is 2.12. The summed E-state index contributed by atoms with van der Waals surface area (Å²) in [7, 11) is 0. The van der Waals surface area contributed by atoms with Crippen molar-refractivity contribution in [3.63, 3.8) is 0 Å². The number of aromatic nitrogens is 1. The highest BCUT2D eigenvalue weighted by atomic mass is 35.5. The van der Waals surface area contributed by atoms with Crippen LogP contribution in [0, 0.1) is 16.2 Å². The molecule has 5 heteroatoms. The molecule has 0 saturated carbocycles. The van der Waals surface area contributed by atoms with Gasteiger partial charge in [0.1, 0.15) is 6.20 Å². The Morgan fingerprint density at radius 1 is 1.70 bits per heavy atom. The van der Waals surface area contributed by atoms with Gasteiger partial charge in [0.25, 0.3) is 5.69 Å². The minimum atomic E-state index is -0.598. The van der Waals surface area contributed by atoms with Crippen LogP contribution in [-0.2, 0) is 0 Å². The fourth-order valence-corrected chi connectivity index (χ4v) is 0.606. The number of pyridine rings is 1.